The molecule has 5 saturated carbocycles. The average molecular weight is 1320 g/mol. The van der Waals surface area contributed by atoms with Crippen molar-refractivity contribution in [2.75, 3.05) is 26.2 Å². The highest BCUT2D eigenvalue weighted by molar-refractivity contribution is 9.09. The van der Waals surface area contributed by atoms with Gasteiger partial charge in [0.2, 0.25) is 11.7 Å². The summed E-state index contributed by atoms with van der Waals surface area (Å²) in [5.41, 5.74) is 9.12. The van der Waals surface area contributed by atoms with E-state index in [1.165, 1.54) is 14.2 Å². The fraction of sp³-hybridized carbons (Fsp3) is 0.810. The minimum atomic E-state index is -0.769. The summed E-state index contributed by atoms with van der Waals surface area (Å²) in [6.07, 6.45) is 14.1. The molecule has 0 aromatic heterocycles. The monoisotopic (exact) mass is 1320 g/mol. The predicted octanol–water partition coefficient (Wildman–Crippen LogP) is 10.1. The van der Waals surface area contributed by atoms with Crippen LogP contribution in [0.1, 0.15) is 218 Å². The smallest absolute Gasteiger partial charge is 0.375 e. The molecule has 0 aliphatic heterocycles. The highest BCUT2D eigenvalue weighted by Gasteiger charge is 2.36. The van der Waals surface area contributed by atoms with Gasteiger partial charge in [0.05, 0.1) is 78.5 Å². The molecule has 500 valence electrons. The van der Waals surface area contributed by atoms with Crippen LogP contribution in [0.2, 0.25) is 0 Å². The van der Waals surface area contributed by atoms with Crippen molar-refractivity contribution in [3.63, 3.8) is 0 Å². The largest absolute Gasteiger partial charge is 0.481 e. The van der Waals surface area contributed by atoms with E-state index in [0.29, 0.717) is 101 Å². The Morgan fingerprint density at radius 2 is 0.598 bits per heavy atom. The first-order valence-electron chi connectivity index (χ1n) is 30.5. The third kappa shape index (κ3) is 36.1. The lowest BCUT2D eigenvalue weighted by Gasteiger charge is -2.29. The number of hydrogen-bond acceptors (Lipinski definition) is 19. The average Bonchev–Trinajstić information content (AvgIpc) is 3.08. The minimum absolute atomic E-state index is 0.0322. The zero-order valence-corrected chi connectivity index (χ0v) is 56.9. The number of ether oxygens (including phenoxy) is 7. The number of carboxylic acid groups (broad SMARTS) is 2. The molecule has 0 aromatic rings. The number of esters is 7. The van der Waals surface area contributed by atoms with Gasteiger partial charge < -0.3 is 54.8 Å². The Morgan fingerprint density at radius 1 is 0.391 bits per heavy atom. The minimum Gasteiger partial charge on any atom is -0.481 e. The first-order valence-corrected chi connectivity index (χ1v) is 32.0. The first-order chi connectivity index (χ1) is 40.1. The van der Waals surface area contributed by atoms with Crippen molar-refractivity contribution in [1.29, 1.82) is 0 Å². The third-order valence-electron chi connectivity index (χ3n) is 14.8. The van der Waals surface area contributed by atoms with Gasteiger partial charge in [-0.3, -0.25) is 47.9 Å². The quantitative estimate of drug-likeness (QED) is 0.0438. The van der Waals surface area contributed by atoms with Crippen molar-refractivity contribution >= 4 is 98.6 Å². The van der Waals surface area contributed by atoms with E-state index in [2.05, 4.69) is 25.4 Å². The third-order valence-corrected chi connectivity index (χ3v) is 15.6. The van der Waals surface area contributed by atoms with E-state index in [-0.39, 0.29) is 107 Å². The summed E-state index contributed by atoms with van der Waals surface area (Å²) in [6.45, 7) is 24.3. The number of thiocarbonyl (C=S) groups is 1. The fourth-order valence-corrected chi connectivity index (χ4v) is 10.5. The standard InChI is InChI=1S/C13H22O4.C12H21NO3.C12H21NO2S.C12H20O4.C9H14O4.C5H7BrO3/c1-13(2,3)17-12(15)10-7-5-9(6-8-10)11(14)16-4;1-12(2,3)16-11(15)9-6-4-8(5-7-9)10(13)14;1-12(2,3)15-11(14)9-6-4-8(5-7-9)10(13)16;1-12(2,3)16-11(15)9-6-4-8(5-7-9)10(13)14;1-13-9(12)7-4-2-6(3-5-7)8(10)11;1-2-9-5(8)4(7)3-6/h9-10H,5-8H2,1-4H3;8-9H,4-7H2,1-3H3,(H2,13,14);8-9H,4-7H2,1-3H3,(H2,13,16);8-9H,4-7H2,1-3H3,(H,13,14);6-7H,2-5H2,1H3,(H,10,11);2-3H2,1H3. The molecule has 87 heavy (non-hydrogen) atoms. The molecule has 1 amide bonds. The van der Waals surface area contributed by atoms with Crippen molar-refractivity contribution in [3.8, 4) is 0 Å². The number of ketones is 1. The molecule has 0 atom stereocenters. The second-order valence-corrected chi connectivity index (χ2v) is 27.7. The normalized spacial score (nSPS) is 24.5. The van der Waals surface area contributed by atoms with Gasteiger partial charge in [-0.2, -0.15) is 0 Å². The Labute approximate surface area is 529 Å². The number of aliphatic carboxylic acids is 2. The van der Waals surface area contributed by atoms with Crippen LogP contribution >= 0.6 is 28.1 Å². The molecule has 5 fully saturated rings. The van der Waals surface area contributed by atoms with Gasteiger partial charge in [0, 0.05) is 11.8 Å². The fourth-order valence-electron chi connectivity index (χ4n) is 10.1. The highest BCUT2D eigenvalue weighted by atomic mass is 79.9. The van der Waals surface area contributed by atoms with Crippen molar-refractivity contribution < 1.29 is 96.1 Å². The number of amides is 1. The first kappa shape index (κ1) is 81.7. The zero-order chi connectivity index (χ0) is 67.2. The summed E-state index contributed by atoms with van der Waals surface area (Å²) in [7, 11) is 2.77. The summed E-state index contributed by atoms with van der Waals surface area (Å²) < 4.78 is 35.0. The maximum absolute atomic E-state index is 11.8. The van der Waals surface area contributed by atoms with Crippen LogP contribution in [0.4, 0.5) is 0 Å². The molecule has 0 saturated heterocycles. The zero-order valence-electron chi connectivity index (χ0n) is 54.5. The number of Topliss-reactive ketones (excluding diaryl/α,β-unsaturated/α-hetero) is 1. The summed E-state index contributed by atoms with van der Waals surface area (Å²) in [5.74, 6) is -4.58. The van der Waals surface area contributed by atoms with Crippen LogP contribution < -0.4 is 11.5 Å². The molecule has 0 unspecified atom stereocenters. The predicted molar refractivity (Wildman–Crippen MR) is 331 cm³/mol. The second kappa shape index (κ2) is 39.7. The van der Waals surface area contributed by atoms with E-state index in [0.717, 1.165) is 38.5 Å². The Balaban J connectivity index is 0.00000103. The molecule has 5 rings (SSSR count). The van der Waals surface area contributed by atoms with Gasteiger partial charge in [-0.25, -0.2) is 4.79 Å². The van der Waals surface area contributed by atoms with E-state index in [4.69, 9.17) is 57.6 Å². The van der Waals surface area contributed by atoms with Crippen LogP contribution in [-0.2, 0) is 85.9 Å². The molecule has 5 aliphatic rings. The molecule has 0 bridgehead atoms. The Bertz CT molecular complexity index is 2090. The Kier molecular flexibility index (Phi) is 37.3. The molecule has 0 aromatic carbocycles. The lowest BCUT2D eigenvalue weighted by atomic mass is 9.81. The molecule has 24 heteroatoms. The maximum Gasteiger partial charge on any atom is 0.375 e. The lowest BCUT2D eigenvalue weighted by molar-refractivity contribution is -0.163. The molecule has 0 spiro atoms. The van der Waals surface area contributed by atoms with Crippen LogP contribution in [0.15, 0.2) is 0 Å². The summed E-state index contributed by atoms with van der Waals surface area (Å²) in [4.78, 5) is 123. The van der Waals surface area contributed by atoms with Gasteiger partial charge in [-0.15, -0.1) is 0 Å². The van der Waals surface area contributed by atoms with E-state index < -0.39 is 46.1 Å². The molecule has 6 N–H and O–H groups in total. The van der Waals surface area contributed by atoms with Gasteiger partial charge in [0.25, 0.3) is 0 Å². The highest BCUT2D eigenvalue weighted by Crippen LogP contribution is 2.35. The van der Waals surface area contributed by atoms with E-state index in [9.17, 15) is 52.7 Å². The van der Waals surface area contributed by atoms with E-state index in [1.807, 2.05) is 83.1 Å². The molecule has 22 nitrogen and oxygen atoms in total. The van der Waals surface area contributed by atoms with Gasteiger partial charge in [0.1, 0.15) is 22.4 Å². The van der Waals surface area contributed by atoms with Crippen molar-refractivity contribution in [3.05, 3.63) is 0 Å². The summed E-state index contributed by atoms with van der Waals surface area (Å²) >= 11 is 7.80. The number of carbonyl (C=O) groups is 11. The Hall–Kier alpha value is -5.26. The molecule has 0 radical (unpaired) electrons. The van der Waals surface area contributed by atoms with Crippen LogP contribution in [0.3, 0.4) is 0 Å². The number of primary amides is 1. The van der Waals surface area contributed by atoms with Crippen molar-refractivity contribution in [2.45, 2.75) is 241 Å². The number of carboxylic acids is 2. The van der Waals surface area contributed by atoms with Gasteiger partial charge in [-0.05, 0) is 218 Å². The number of nitrogens with two attached hydrogens (primary N) is 2. The van der Waals surface area contributed by atoms with Crippen molar-refractivity contribution in [2.24, 2.45) is 70.6 Å². The number of alkyl halides is 1. The van der Waals surface area contributed by atoms with Gasteiger partial charge >= 0.3 is 53.7 Å². The van der Waals surface area contributed by atoms with Crippen molar-refractivity contribution in [1.82, 2.24) is 0 Å². The lowest BCUT2D eigenvalue weighted by Crippen LogP contribution is -2.33. The van der Waals surface area contributed by atoms with Crippen LogP contribution in [-0.4, -0.2) is 129 Å². The summed E-state index contributed by atoms with van der Waals surface area (Å²) in [6, 6.07) is 0. The number of carbonyl (C=O) groups excluding carboxylic acids is 9. The number of methoxy groups -OCH3 is 2. The maximum atomic E-state index is 11.8. The molecule has 0 heterocycles. The van der Waals surface area contributed by atoms with E-state index >= 15 is 0 Å². The molecular weight excluding hydrogens is 1220 g/mol. The van der Waals surface area contributed by atoms with Gasteiger partial charge in [0.15, 0.2) is 0 Å². The second-order valence-electron chi connectivity index (χ2n) is 26.7. The number of halogens is 1. The number of rotatable bonds is 13. The van der Waals surface area contributed by atoms with Crippen LogP contribution in [0.5, 0.6) is 0 Å². The van der Waals surface area contributed by atoms with E-state index in [1.54, 1.807) is 6.92 Å². The van der Waals surface area contributed by atoms with Crippen LogP contribution in [0.25, 0.3) is 0 Å². The summed E-state index contributed by atoms with van der Waals surface area (Å²) in [5, 5.41) is 17.6. The van der Waals surface area contributed by atoms with Crippen LogP contribution in [0, 0.1) is 59.2 Å². The Morgan fingerprint density at radius 3 is 0.770 bits per heavy atom. The number of hydrogen-bond donors (Lipinski definition) is 4. The molecular formula is C63H105BrN2O20S. The van der Waals surface area contributed by atoms with Gasteiger partial charge in [-0.1, -0.05) is 28.1 Å². The molecule has 5 aliphatic carbocycles. The topological polar surface area (TPSA) is 345 Å². The SMILES string of the molecule is CC(C)(C)OC(=O)C1CCC(C(=O)O)CC1.CC(C)(C)OC(=O)C1CCC(C(N)=O)CC1.CC(C)(C)OC(=O)C1CCC(C(N)=S)CC1.CCOC(=O)C(=O)CBr.COC(=O)C1CCC(C(=O)O)CC1.COC(=O)C1CCC(C(=O)OC(C)(C)C)CC1.